The predicted octanol–water partition coefficient (Wildman–Crippen LogP) is 2.94. The molecule has 0 atom stereocenters. The van der Waals surface area contributed by atoms with Crippen LogP contribution in [0.5, 0.6) is 0 Å². The summed E-state index contributed by atoms with van der Waals surface area (Å²) in [5.41, 5.74) is 2.51. The van der Waals surface area contributed by atoms with Gasteiger partial charge >= 0.3 is 0 Å². The van der Waals surface area contributed by atoms with E-state index >= 15 is 0 Å². The maximum atomic E-state index is 6.83. The van der Waals surface area contributed by atoms with E-state index in [4.69, 9.17) is 6.42 Å². The van der Waals surface area contributed by atoms with Crippen molar-refractivity contribution in [2.24, 2.45) is 0 Å². The highest BCUT2D eigenvalue weighted by Gasteiger charge is 1.97. The Morgan fingerprint density at radius 1 is 1.25 bits per heavy atom. The van der Waals surface area contributed by atoms with E-state index in [-0.39, 0.29) is 0 Å². The summed E-state index contributed by atoms with van der Waals surface area (Å²) in [6.45, 7) is 4.36. The molecular weight excluding hydrogens is 144 g/mol. The number of hydrogen-bond donors (Lipinski definition) is 0. The summed E-state index contributed by atoms with van der Waals surface area (Å²) in [5.74, 6) is 2.97. The highest BCUT2D eigenvalue weighted by Crippen LogP contribution is 2.14. The van der Waals surface area contributed by atoms with Crippen molar-refractivity contribution >= 4 is 0 Å². The summed E-state index contributed by atoms with van der Waals surface area (Å²) in [5, 5.41) is 0. The highest BCUT2D eigenvalue weighted by atomic mass is 14.0. The van der Waals surface area contributed by atoms with Crippen molar-refractivity contribution in [1.82, 2.24) is 0 Å². The maximum absolute atomic E-state index is 6.83. The minimum absolute atomic E-state index is 0.586. The van der Waals surface area contributed by atoms with E-state index in [1.54, 1.807) is 0 Å². The van der Waals surface area contributed by atoms with E-state index in [1.807, 2.05) is 0 Å². The first-order valence-electron chi connectivity index (χ1n) is 4.22. The van der Waals surface area contributed by atoms with E-state index in [2.05, 4.69) is 44.0 Å². The molecule has 0 N–H and O–H groups in total. The molecule has 0 saturated heterocycles. The Labute approximate surface area is 74.6 Å². The molecule has 0 fully saturated rings. The molecule has 0 heterocycles. The first kappa shape index (κ1) is 8.87. The van der Waals surface area contributed by atoms with Crippen LogP contribution >= 0.6 is 0 Å². The van der Waals surface area contributed by atoms with Crippen molar-refractivity contribution in [3.8, 4) is 5.92 Å². The first-order valence-corrected chi connectivity index (χ1v) is 4.22. The average molecular weight is 157 g/mol. The smallest absolute Gasteiger partial charge is 0.0350 e. The topological polar surface area (TPSA) is 0 Å². The summed E-state index contributed by atoms with van der Waals surface area (Å²) in [6.07, 6.45) is 7.45. The monoisotopic (exact) mass is 157 g/mol. The van der Waals surface area contributed by atoms with E-state index in [1.165, 1.54) is 5.56 Å². The minimum atomic E-state index is 0.586. The van der Waals surface area contributed by atoms with Crippen LogP contribution in [0.1, 0.15) is 30.9 Å². The molecule has 0 saturated carbocycles. The van der Waals surface area contributed by atoms with Gasteiger partial charge in [-0.1, -0.05) is 44.0 Å². The van der Waals surface area contributed by atoms with Crippen molar-refractivity contribution in [1.29, 1.82) is 0 Å². The molecule has 1 radical (unpaired) electrons. The van der Waals surface area contributed by atoms with Gasteiger partial charge in [0.15, 0.2) is 0 Å². The predicted molar refractivity (Wildman–Crippen MR) is 51.4 cm³/mol. The van der Waals surface area contributed by atoms with Crippen LogP contribution in [0.3, 0.4) is 0 Å². The lowest BCUT2D eigenvalue weighted by Crippen LogP contribution is -1.87. The Bertz CT molecular complexity index is 272. The number of benzene rings is 1. The Morgan fingerprint density at radius 3 is 2.25 bits per heavy atom. The molecule has 0 nitrogen and oxygen atoms in total. The highest BCUT2D eigenvalue weighted by molar-refractivity contribution is 5.26. The molecule has 0 spiro atoms. The second-order valence-electron chi connectivity index (χ2n) is 3.25. The molecule has 1 aromatic rings. The molecular formula is C12H13. The van der Waals surface area contributed by atoms with Gasteiger partial charge in [0.05, 0.1) is 0 Å². The Balaban J connectivity index is 2.80. The molecule has 0 aliphatic carbocycles. The fraction of sp³-hybridized carbons (Fsp3) is 0.333. The maximum Gasteiger partial charge on any atom is 0.0350 e. The lowest BCUT2D eigenvalue weighted by Gasteiger charge is -2.04. The molecule has 0 heteroatoms. The van der Waals surface area contributed by atoms with Gasteiger partial charge < -0.3 is 0 Å². The van der Waals surface area contributed by atoms with Crippen LogP contribution in [0.15, 0.2) is 24.3 Å². The van der Waals surface area contributed by atoms with E-state index in [9.17, 15) is 0 Å². The normalized spacial score (nSPS) is 9.83. The second-order valence-corrected chi connectivity index (χ2v) is 3.25. The molecule has 1 rings (SSSR count). The van der Waals surface area contributed by atoms with Gasteiger partial charge in [-0.2, -0.15) is 0 Å². The van der Waals surface area contributed by atoms with E-state index in [0.717, 1.165) is 5.56 Å². The summed E-state index contributed by atoms with van der Waals surface area (Å²) in [7, 11) is 0. The van der Waals surface area contributed by atoms with E-state index in [0.29, 0.717) is 12.3 Å². The molecule has 0 bridgehead atoms. The zero-order chi connectivity index (χ0) is 8.97. The fourth-order valence-corrected chi connectivity index (χ4v) is 1.12. The lowest BCUT2D eigenvalue weighted by molar-refractivity contribution is 0.865. The third kappa shape index (κ3) is 2.13. The molecule has 0 amide bonds. The Morgan fingerprint density at radius 2 is 1.83 bits per heavy atom. The SMILES string of the molecule is [C]#CCc1ccc(C(C)C)cc1. The van der Waals surface area contributed by atoms with Crippen molar-refractivity contribution in [3.63, 3.8) is 0 Å². The molecule has 1 aromatic carbocycles. The third-order valence-corrected chi connectivity index (χ3v) is 1.94. The van der Waals surface area contributed by atoms with Crippen LogP contribution in [-0.4, -0.2) is 0 Å². The summed E-state index contributed by atoms with van der Waals surface area (Å²) in [6, 6.07) is 8.38. The van der Waals surface area contributed by atoms with Crippen LogP contribution < -0.4 is 0 Å². The van der Waals surface area contributed by atoms with Crippen molar-refractivity contribution < 1.29 is 0 Å². The quantitative estimate of drug-likeness (QED) is 0.579. The first-order chi connectivity index (χ1) is 5.74. The number of hydrogen-bond acceptors (Lipinski definition) is 0. The van der Waals surface area contributed by atoms with Crippen molar-refractivity contribution in [2.45, 2.75) is 26.2 Å². The standard InChI is InChI=1S/C12H13/c1-4-5-11-6-8-12(9-7-11)10(2)3/h6-10H,5H2,2-3H3. The minimum Gasteiger partial charge on any atom is -0.0843 e. The zero-order valence-electron chi connectivity index (χ0n) is 7.59. The van der Waals surface area contributed by atoms with Gasteiger partial charge in [0.25, 0.3) is 0 Å². The average Bonchev–Trinajstić information content (AvgIpc) is 2.06. The van der Waals surface area contributed by atoms with Gasteiger partial charge in [-0.25, -0.2) is 0 Å². The molecule has 0 aromatic heterocycles. The largest absolute Gasteiger partial charge is 0.0843 e. The summed E-state index contributed by atoms with van der Waals surface area (Å²) in [4.78, 5) is 0. The van der Waals surface area contributed by atoms with Gasteiger partial charge in [0.1, 0.15) is 0 Å². The van der Waals surface area contributed by atoms with Gasteiger partial charge in [-0.05, 0) is 23.5 Å². The summed E-state index contributed by atoms with van der Waals surface area (Å²) < 4.78 is 0. The van der Waals surface area contributed by atoms with Gasteiger partial charge in [0, 0.05) is 6.42 Å². The van der Waals surface area contributed by atoms with Crippen molar-refractivity contribution in [3.05, 3.63) is 41.8 Å². The molecule has 61 valence electrons. The van der Waals surface area contributed by atoms with Gasteiger partial charge in [-0.15, -0.1) is 0 Å². The number of rotatable bonds is 2. The Kier molecular flexibility index (Phi) is 2.94. The van der Waals surface area contributed by atoms with Crippen LogP contribution in [0.25, 0.3) is 0 Å². The van der Waals surface area contributed by atoms with Gasteiger partial charge in [0.2, 0.25) is 0 Å². The van der Waals surface area contributed by atoms with Crippen LogP contribution in [0, 0.1) is 12.3 Å². The van der Waals surface area contributed by atoms with Gasteiger partial charge in [-0.3, -0.25) is 0 Å². The molecule has 12 heavy (non-hydrogen) atoms. The second kappa shape index (κ2) is 3.97. The van der Waals surface area contributed by atoms with Crippen molar-refractivity contribution in [2.75, 3.05) is 0 Å². The van der Waals surface area contributed by atoms with Crippen LogP contribution in [0.4, 0.5) is 0 Å². The Hall–Kier alpha value is -1.22. The molecule has 0 unspecified atom stereocenters. The summed E-state index contributed by atoms with van der Waals surface area (Å²) >= 11 is 0. The molecule has 0 aliphatic rings. The molecule has 0 aliphatic heterocycles. The third-order valence-electron chi connectivity index (χ3n) is 1.94. The van der Waals surface area contributed by atoms with Crippen LogP contribution in [0.2, 0.25) is 0 Å². The van der Waals surface area contributed by atoms with E-state index < -0.39 is 0 Å². The lowest BCUT2D eigenvalue weighted by atomic mass is 10.0. The zero-order valence-corrected chi connectivity index (χ0v) is 7.59. The fourth-order valence-electron chi connectivity index (χ4n) is 1.12. The van der Waals surface area contributed by atoms with Crippen LogP contribution in [-0.2, 0) is 6.42 Å².